The van der Waals surface area contributed by atoms with E-state index in [1.165, 1.54) is 92.6 Å². The number of ether oxygens (including phenoxy) is 2. The molecule has 49 heteroatoms. The summed E-state index contributed by atoms with van der Waals surface area (Å²) in [5, 5.41) is 43.4. The van der Waals surface area contributed by atoms with Gasteiger partial charge in [0.1, 0.15) is 59.2 Å². The number of aliphatic hydroxyl groups excluding tert-OH is 2. The third-order valence-corrected chi connectivity index (χ3v) is 25.6. The van der Waals surface area contributed by atoms with Crippen LogP contribution in [-0.4, -0.2) is 171 Å². The average Bonchev–Trinajstić information content (AvgIpc) is 1.69. The van der Waals surface area contributed by atoms with Gasteiger partial charge in [-0.3, -0.25) is 19.2 Å². The van der Waals surface area contributed by atoms with E-state index in [1.54, 1.807) is 55.5 Å². The molecule has 1 aliphatic rings. The molecule has 1 fully saturated rings. The smallest absolute Gasteiger partial charge is 0.442 e. The maximum Gasteiger partial charge on any atom is 0.442 e. The molecular weight excluding hydrogens is 1970 g/mol. The van der Waals surface area contributed by atoms with E-state index in [2.05, 4.69) is 82.1 Å². The Bertz CT molecular complexity index is 7090. The highest BCUT2D eigenvalue weighted by atomic mass is 32.2. The zero-order valence-electron chi connectivity index (χ0n) is 76.1. The van der Waals surface area contributed by atoms with Gasteiger partial charge in [0.2, 0.25) is 47.4 Å². The van der Waals surface area contributed by atoms with E-state index in [-0.39, 0.29) is 104 Å². The summed E-state index contributed by atoms with van der Waals surface area (Å²) in [6.07, 6.45) is -10.5. The van der Waals surface area contributed by atoms with Gasteiger partial charge in [-0.15, -0.1) is 4.36 Å². The van der Waals surface area contributed by atoms with Crippen molar-refractivity contribution in [3.8, 4) is 39.3 Å². The van der Waals surface area contributed by atoms with E-state index in [0.717, 1.165) is 37.1 Å². The van der Waals surface area contributed by atoms with Gasteiger partial charge in [0, 0.05) is 112 Å². The number of rotatable bonds is 35. The number of nitrogens with one attached hydrogen (secondary N) is 11. The summed E-state index contributed by atoms with van der Waals surface area (Å²) < 4.78 is 273. The lowest BCUT2D eigenvalue weighted by Gasteiger charge is -2.16. The number of alkyl halides is 9. The minimum Gasteiger partial charge on any atom is -0.474 e. The van der Waals surface area contributed by atoms with Crippen molar-refractivity contribution in [1.82, 2.24) is 40.1 Å². The Morgan fingerprint density at radius 2 is 0.902 bits per heavy atom. The summed E-state index contributed by atoms with van der Waals surface area (Å²) in [4.78, 5) is 89.7. The second-order valence-electron chi connectivity index (χ2n) is 32.0. The van der Waals surface area contributed by atoms with Crippen molar-refractivity contribution in [3.05, 3.63) is 269 Å². The molecule has 13 N–H and O–H groups in total. The van der Waals surface area contributed by atoms with Crippen molar-refractivity contribution < 1.29 is 122 Å². The van der Waals surface area contributed by atoms with Gasteiger partial charge in [0.15, 0.2) is 0 Å². The first-order valence-corrected chi connectivity index (χ1v) is 48.2. The lowest BCUT2D eigenvalue weighted by Crippen LogP contribution is -2.26. The van der Waals surface area contributed by atoms with Crippen LogP contribution in [0.1, 0.15) is 60.1 Å². The molecule has 0 spiro atoms. The average molecular weight is 2060 g/mol. The normalized spacial score (nSPS) is 13.4. The topological polar surface area (TPSA) is 444 Å². The monoisotopic (exact) mass is 2060 g/mol. The van der Waals surface area contributed by atoms with E-state index in [1.807, 2.05) is 19.0 Å². The number of anilines is 11. The Kier molecular flexibility index (Phi) is 35.7. The van der Waals surface area contributed by atoms with Gasteiger partial charge in [-0.1, -0.05) is 30.3 Å². The van der Waals surface area contributed by atoms with Crippen LogP contribution in [0.5, 0.6) is 5.88 Å². The lowest BCUT2D eigenvalue weighted by molar-refractivity contribution is -0.138. The van der Waals surface area contributed by atoms with Crippen molar-refractivity contribution in [3.63, 3.8) is 0 Å². The molecular formula is C94H90F15N19O12S3. The number of benzene rings is 9. The maximum atomic E-state index is 15.2. The first kappa shape index (κ1) is 108. The SMILES string of the molecule is CCOC(=O)N=S(C)(=O)c1ccc(Nc2ncc(-c3ccc(NC(=O)Cc4cc(C(F)(F)F)ccc4F)c(F)c3)c(NCCNC(C)=O)n2)cc1.CN(C)CCNc1nc(Nc2cccc(S(=N)(=O)C3CC3)c2)ncc1-c1ccc(NC(=O)Cc2cc(C(F)(F)F)ccc2F)c(F)c1.CS(=N)(=O)c1cccc(Nc2ncc(-c3ccc(NC(=O)Cc4cc(C(F)(F)F)ccc4F)c(F)c3)c(OCC(O)CO)n2)c1. The van der Waals surface area contributed by atoms with Crippen molar-refractivity contribution in [2.24, 2.45) is 4.36 Å². The fraction of sp³-hybridized carbons (Fsp3) is 0.245. The van der Waals surface area contributed by atoms with E-state index < -0.39 is 178 Å². The van der Waals surface area contributed by atoms with Crippen molar-refractivity contribution in [2.45, 2.75) is 90.5 Å². The van der Waals surface area contributed by atoms with Gasteiger partial charge >= 0.3 is 24.6 Å². The fourth-order valence-electron chi connectivity index (χ4n) is 13.2. The minimum absolute atomic E-state index is 0.0110. The standard InChI is InChI=1S/C33H32F5N7O5S.C32H32F5N7O2S.C29H26F5N5O5S/c1-4-50-32(48)45-51(3,49)24-9-7-23(8-10-24)42-31-41-18-25(30(44-31)40-14-13-39-19(2)46)20-5-12-28(27(35)16-20)43-29(47)17-21-15-22(33(36,37)38)6-11-26(21)34;1-44(2)13-12-39-30-25(18-40-31(43-30)41-22-4-3-5-24(17-22)47(38,46)23-8-9-23)19-6-11-28(27(34)15-19)42-29(45)16-20-14-21(32(35,36)37)7-10-26(20)33;1-45(35,43)21-4-2-3-19(12-21)37-28-36-13-22(27(39-28)44-15-20(41)14-40)16-5-8-25(24(31)10-16)38-26(42)11-17-9-18(29(32,33)34)6-7-23(17)30/h5-12,15-16,18H,4,13-14,17H2,1-3H3,(H,39,46)(H,43,47)(H2,40,41,42,44);3-7,10-11,14-15,17-18,23,38H,8-9,12-13,16H2,1-2H3,(H,42,45)(H2,39,40,41,43);2-10,12-13,20,35,40-41H,11,14-15H2,1H3,(H,38,42)(H,36,37,39). The van der Waals surface area contributed by atoms with E-state index in [0.29, 0.717) is 112 Å². The predicted molar refractivity (Wildman–Crippen MR) is 504 cm³/mol. The minimum atomic E-state index is -4.74. The molecule has 0 aliphatic heterocycles. The number of amides is 5. The van der Waals surface area contributed by atoms with Gasteiger partial charge in [-0.2, -0.15) is 54.5 Å². The Morgan fingerprint density at radius 1 is 0.497 bits per heavy atom. The molecule has 1 saturated carbocycles. The third-order valence-electron chi connectivity index (χ3n) is 20.5. The van der Waals surface area contributed by atoms with E-state index >= 15 is 13.2 Å². The fourth-order valence-corrected chi connectivity index (χ4v) is 16.7. The summed E-state index contributed by atoms with van der Waals surface area (Å²) in [7, 11) is -5.19. The highest BCUT2D eigenvalue weighted by Crippen LogP contribution is 2.40. The lowest BCUT2D eigenvalue weighted by atomic mass is 10.1. The number of likely N-dealkylation sites (N-methyl/N-ethyl adjacent to an activating group) is 1. The van der Waals surface area contributed by atoms with Crippen molar-refractivity contribution >= 4 is 123 Å². The first-order valence-electron chi connectivity index (χ1n) is 42.7. The molecule has 12 aromatic rings. The number of carbonyl (C=O) groups excluding carboxylic acids is 5. The molecule has 143 heavy (non-hydrogen) atoms. The highest BCUT2D eigenvalue weighted by Gasteiger charge is 2.36. The van der Waals surface area contributed by atoms with Crippen LogP contribution >= 0.6 is 0 Å². The molecule has 13 rings (SSSR count). The summed E-state index contributed by atoms with van der Waals surface area (Å²) in [6, 6.07) is 35.4. The molecule has 3 heterocycles. The molecule has 756 valence electrons. The van der Waals surface area contributed by atoms with Crippen LogP contribution in [0.25, 0.3) is 33.4 Å². The largest absolute Gasteiger partial charge is 0.474 e. The van der Waals surface area contributed by atoms with Crippen LogP contribution in [0.15, 0.2) is 220 Å². The Balaban J connectivity index is 0.000000205. The van der Waals surface area contributed by atoms with Crippen LogP contribution in [0.3, 0.4) is 0 Å². The molecule has 5 amide bonds. The molecule has 3 aromatic heterocycles. The zero-order valence-corrected chi connectivity index (χ0v) is 78.6. The van der Waals surface area contributed by atoms with E-state index in [9.17, 15) is 94.4 Å². The summed E-state index contributed by atoms with van der Waals surface area (Å²) in [6.45, 7) is 3.60. The van der Waals surface area contributed by atoms with Crippen molar-refractivity contribution in [1.29, 1.82) is 9.56 Å². The van der Waals surface area contributed by atoms with Crippen LogP contribution in [0, 0.1) is 44.5 Å². The predicted octanol–water partition coefficient (Wildman–Crippen LogP) is 18.6. The quantitative estimate of drug-likeness (QED) is 0.0130. The second-order valence-corrected chi connectivity index (χ2v) is 38.7. The summed E-state index contributed by atoms with van der Waals surface area (Å²) >= 11 is 0. The van der Waals surface area contributed by atoms with Crippen LogP contribution < -0.4 is 52.6 Å². The number of carbonyl (C=O) groups is 5. The van der Waals surface area contributed by atoms with Crippen molar-refractivity contribution in [2.75, 3.05) is 115 Å². The maximum absolute atomic E-state index is 15.2. The number of hydrogen-bond acceptors (Lipinski definition) is 26. The third kappa shape index (κ3) is 31.0. The van der Waals surface area contributed by atoms with Gasteiger partial charge < -0.3 is 72.4 Å². The molecule has 4 unspecified atom stereocenters. The molecule has 1 aliphatic carbocycles. The molecule has 0 radical (unpaired) electrons. The number of halogens is 15. The Morgan fingerprint density at radius 3 is 1.30 bits per heavy atom. The molecule has 9 aromatic carbocycles. The number of nitrogens with zero attached hydrogens (tertiary/aromatic N) is 8. The van der Waals surface area contributed by atoms with E-state index in [4.69, 9.17) is 24.1 Å². The van der Waals surface area contributed by atoms with Gasteiger partial charge in [0.05, 0.1) is 101 Å². The van der Waals surface area contributed by atoms with Gasteiger partial charge in [0.25, 0.3) is 0 Å². The summed E-state index contributed by atoms with van der Waals surface area (Å²) in [5.41, 5.74) is -2.61. The molecule has 0 bridgehead atoms. The number of hydrogen-bond donors (Lipinski definition) is 13. The Hall–Kier alpha value is -15.0. The van der Waals surface area contributed by atoms with Crippen LogP contribution in [-0.2, 0) is 90.9 Å². The summed E-state index contributed by atoms with van der Waals surface area (Å²) in [5.74, 6) is -8.03. The molecule has 0 saturated heterocycles. The zero-order chi connectivity index (χ0) is 104. The van der Waals surface area contributed by atoms with Gasteiger partial charge in [-0.05, 0) is 219 Å². The number of aliphatic hydroxyl groups is 2. The van der Waals surface area contributed by atoms with Crippen LogP contribution in [0.2, 0.25) is 0 Å². The first-order chi connectivity index (χ1) is 67.4. The molecule has 31 nitrogen and oxygen atoms in total. The molecule has 4 atom stereocenters. The Labute approximate surface area is 808 Å². The van der Waals surface area contributed by atoms with Gasteiger partial charge in [-0.25, -0.2) is 68.3 Å². The van der Waals surface area contributed by atoms with Crippen LogP contribution in [0.4, 0.5) is 134 Å². The highest BCUT2D eigenvalue weighted by molar-refractivity contribution is 7.93. The number of aromatic nitrogens is 6. The second kappa shape index (κ2) is 47.1.